The Hall–Kier alpha value is -3.61. The van der Waals surface area contributed by atoms with Crippen LogP contribution in [0.25, 0.3) is 0 Å². The van der Waals surface area contributed by atoms with Gasteiger partial charge in [0.15, 0.2) is 11.5 Å². The van der Waals surface area contributed by atoms with Crippen molar-refractivity contribution in [1.29, 1.82) is 0 Å². The number of rotatable bonds is 6. The molecule has 0 unspecified atom stereocenters. The minimum absolute atomic E-state index is 0.229. The van der Waals surface area contributed by atoms with E-state index in [4.69, 9.17) is 9.47 Å². The van der Waals surface area contributed by atoms with Crippen molar-refractivity contribution < 1.29 is 14.3 Å². The summed E-state index contributed by atoms with van der Waals surface area (Å²) in [6.45, 7) is 3.28. The number of carbonyl (C=O) groups excluding carboxylic acids is 1. The van der Waals surface area contributed by atoms with Gasteiger partial charge < -0.3 is 20.1 Å². The molecule has 142 valence electrons. The summed E-state index contributed by atoms with van der Waals surface area (Å²) in [4.78, 5) is 20.8. The Labute approximate surface area is 162 Å². The van der Waals surface area contributed by atoms with Crippen molar-refractivity contribution in [3.63, 3.8) is 0 Å². The summed E-state index contributed by atoms with van der Waals surface area (Å²) in [6, 6.07) is 13.8. The average molecular weight is 376 g/mol. The highest BCUT2D eigenvalue weighted by Crippen LogP contribution is 2.32. The summed E-state index contributed by atoms with van der Waals surface area (Å²) in [5, 5.41) is 6.01. The van der Waals surface area contributed by atoms with Gasteiger partial charge in [-0.25, -0.2) is 9.97 Å². The van der Waals surface area contributed by atoms with Crippen LogP contribution in [0.3, 0.4) is 0 Å². The smallest absolute Gasteiger partial charge is 0.254 e. The number of benzene rings is 2. The van der Waals surface area contributed by atoms with Crippen molar-refractivity contribution in [3.05, 3.63) is 77.1 Å². The summed E-state index contributed by atoms with van der Waals surface area (Å²) >= 11 is 0. The molecular formula is C21H20N4O3. The van der Waals surface area contributed by atoms with Gasteiger partial charge in [0.05, 0.1) is 5.56 Å². The zero-order chi connectivity index (χ0) is 19.3. The molecule has 3 aromatic rings. The predicted octanol–water partition coefficient (Wildman–Crippen LogP) is 3.06. The van der Waals surface area contributed by atoms with Crippen molar-refractivity contribution in [3.8, 4) is 11.5 Å². The van der Waals surface area contributed by atoms with Crippen LogP contribution in [0.2, 0.25) is 0 Å². The molecule has 0 saturated carbocycles. The second kappa shape index (κ2) is 7.96. The average Bonchev–Trinajstić information content (AvgIpc) is 3.19. The van der Waals surface area contributed by atoms with Crippen LogP contribution in [0, 0.1) is 6.92 Å². The van der Waals surface area contributed by atoms with Gasteiger partial charge in [-0.1, -0.05) is 35.9 Å². The molecule has 0 bridgehead atoms. The van der Waals surface area contributed by atoms with Gasteiger partial charge in [0.2, 0.25) is 12.7 Å². The number of amides is 1. The van der Waals surface area contributed by atoms with Crippen molar-refractivity contribution in [2.45, 2.75) is 20.0 Å². The molecule has 1 aliphatic heterocycles. The Bertz CT molecular complexity index is 989. The normalized spacial score (nSPS) is 11.9. The van der Waals surface area contributed by atoms with E-state index in [1.54, 1.807) is 0 Å². The molecule has 1 aromatic heterocycles. The first kappa shape index (κ1) is 17.8. The molecular weight excluding hydrogens is 356 g/mol. The second-order valence-electron chi connectivity index (χ2n) is 6.51. The highest BCUT2D eigenvalue weighted by atomic mass is 16.7. The number of fused-ring (bicyclic) bond motifs is 1. The zero-order valence-electron chi connectivity index (χ0n) is 15.4. The Balaban J connectivity index is 1.31. The number of hydrogen-bond donors (Lipinski definition) is 2. The lowest BCUT2D eigenvalue weighted by molar-refractivity contribution is 0.0950. The fraction of sp³-hybridized carbons (Fsp3) is 0.190. The Kier molecular flexibility index (Phi) is 5.05. The molecule has 28 heavy (non-hydrogen) atoms. The van der Waals surface area contributed by atoms with E-state index in [-0.39, 0.29) is 12.7 Å². The number of ether oxygens (including phenoxy) is 2. The van der Waals surface area contributed by atoms with Crippen LogP contribution in [0.15, 0.2) is 54.9 Å². The molecule has 0 radical (unpaired) electrons. The Morgan fingerprint density at radius 1 is 1.00 bits per heavy atom. The van der Waals surface area contributed by atoms with Gasteiger partial charge >= 0.3 is 0 Å². The minimum Gasteiger partial charge on any atom is -0.454 e. The maximum Gasteiger partial charge on any atom is 0.254 e. The van der Waals surface area contributed by atoms with Crippen molar-refractivity contribution in [1.82, 2.24) is 15.3 Å². The lowest BCUT2D eigenvalue weighted by atomic mass is 10.1. The molecule has 2 aromatic carbocycles. The monoisotopic (exact) mass is 376 g/mol. The number of aromatic nitrogens is 2. The second-order valence-corrected chi connectivity index (χ2v) is 6.51. The van der Waals surface area contributed by atoms with Crippen molar-refractivity contribution in [2.75, 3.05) is 12.1 Å². The predicted molar refractivity (Wildman–Crippen MR) is 104 cm³/mol. The SMILES string of the molecule is Cc1cccc(CNc2ncc(C(=O)NCc3ccc4c(c3)OCO4)cn2)c1. The third-order valence-corrected chi connectivity index (χ3v) is 4.34. The number of carbonyl (C=O) groups is 1. The van der Waals surface area contributed by atoms with Crippen LogP contribution < -0.4 is 20.1 Å². The third-order valence-electron chi connectivity index (χ3n) is 4.34. The van der Waals surface area contributed by atoms with E-state index >= 15 is 0 Å². The molecule has 0 atom stereocenters. The van der Waals surface area contributed by atoms with Gasteiger partial charge in [0.1, 0.15) is 0 Å². The lowest BCUT2D eigenvalue weighted by Gasteiger charge is -2.08. The van der Waals surface area contributed by atoms with Crippen LogP contribution >= 0.6 is 0 Å². The highest BCUT2D eigenvalue weighted by molar-refractivity contribution is 5.93. The molecule has 0 aliphatic carbocycles. The lowest BCUT2D eigenvalue weighted by Crippen LogP contribution is -2.23. The maximum absolute atomic E-state index is 12.3. The number of aryl methyl sites for hydroxylation is 1. The molecule has 0 fully saturated rings. The summed E-state index contributed by atoms with van der Waals surface area (Å²) in [7, 11) is 0. The Morgan fingerprint density at radius 3 is 2.61 bits per heavy atom. The molecule has 2 N–H and O–H groups in total. The van der Waals surface area contributed by atoms with Crippen molar-refractivity contribution in [2.24, 2.45) is 0 Å². The molecule has 0 spiro atoms. The van der Waals surface area contributed by atoms with Gasteiger partial charge in [-0.15, -0.1) is 0 Å². The van der Waals surface area contributed by atoms with E-state index in [0.29, 0.717) is 30.4 Å². The number of nitrogens with zero attached hydrogens (tertiary/aromatic N) is 2. The quantitative estimate of drug-likeness (QED) is 0.688. The van der Waals surface area contributed by atoms with E-state index in [2.05, 4.69) is 39.7 Å². The largest absolute Gasteiger partial charge is 0.454 e. The zero-order valence-corrected chi connectivity index (χ0v) is 15.4. The van der Waals surface area contributed by atoms with Crippen LogP contribution in [0.1, 0.15) is 27.0 Å². The maximum atomic E-state index is 12.3. The topological polar surface area (TPSA) is 85.4 Å². The van der Waals surface area contributed by atoms with E-state index in [1.165, 1.54) is 18.0 Å². The van der Waals surface area contributed by atoms with Crippen LogP contribution in [-0.4, -0.2) is 22.7 Å². The van der Waals surface area contributed by atoms with Crippen molar-refractivity contribution >= 4 is 11.9 Å². The Morgan fingerprint density at radius 2 is 1.79 bits per heavy atom. The minimum atomic E-state index is -0.233. The van der Waals surface area contributed by atoms with E-state index in [0.717, 1.165) is 16.9 Å². The first-order chi connectivity index (χ1) is 13.7. The van der Waals surface area contributed by atoms with Gasteiger partial charge in [0, 0.05) is 25.5 Å². The number of hydrogen-bond acceptors (Lipinski definition) is 6. The third kappa shape index (κ3) is 4.20. The first-order valence-corrected chi connectivity index (χ1v) is 8.95. The van der Waals surface area contributed by atoms with Gasteiger partial charge in [0.25, 0.3) is 5.91 Å². The van der Waals surface area contributed by atoms with Crippen LogP contribution in [0.5, 0.6) is 11.5 Å². The molecule has 1 amide bonds. The summed E-state index contributed by atoms with van der Waals surface area (Å²) in [5.41, 5.74) is 3.68. The van der Waals surface area contributed by atoms with Crippen LogP contribution in [-0.2, 0) is 13.1 Å². The molecule has 7 heteroatoms. The molecule has 1 aliphatic rings. The molecule has 0 saturated heterocycles. The standard InChI is InChI=1S/C21H20N4O3/c1-14-3-2-4-15(7-14)10-23-21-24-11-17(12-25-21)20(26)22-9-16-5-6-18-19(8-16)28-13-27-18/h2-8,11-12H,9-10,13H2,1H3,(H,22,26)(H,23,24,25). The summed E-state index contributed by atoms with van der Waals surface area (Å²) in [6.07, 6.45) is 3.03. The van der Waals surface area contributed by atoms with Gasteiger partial charge in [-0.05, 0) is 30.2 Å². The van der Waals surface area contributed by atoms with E-state index in [9.17, 15) is 4.79 Å². The molecule has 7 nitrogen and oxygen atoms in total. The first-order valence-electron chi connectivity index (χ1n) is 8.95. The van der Waals surface area contributed by atoms with Gasteiger partial charge in [-0.3, -0.25) is 4.79 Å². The number of anilines is 1. The fourth-order valence-electron chi connectivity index (χ4n) is 2.88. The molecule has 4 rings (SSSR count). The summed E-state index contributed by atoms with van der Waals surface area (Å²) in [5.74, 6) is 1.66. The van der Waals surface area contributed by atoms with Crippen LogP contribution in [0.4, 0.5) is 5.95 Å². The van der Waals surface area contributed by atoms with Gasteiger partial charge in [-0.2, -0.15) is 0 Å². The fourth-order valence-corrected chi connectivity index (χ4v) is 2.88. The van der Waals surface area contributed by atoms with E-state index < -0.39 is 0 Å². The van der Waals surface area contributed by atoms with E-state index in [1.807, 2.05) is 30.3 Å². The summed E-state index contributed by atoms with van der Waals surface area (Å²) < 4.78 is 10.6. The number of nitrogens with one attached hydrogen (secondary N) is 2. The highest BCUT2D eigenvalue weighted by Gasteiger charge is 2.14. The molecule has 2 heterocycles.